The number of carbonyl (C=O) groups excluding carboxylic acids is 1. The summed E-state index contributed by atoms with van der Waals surface area (Å²) in [4.78, 5) is 15.1. The molecule has 2 aliphatic rings. The van der Waals surface area contributed by atoms with Crippen molar-refractivity contribution >= 4 is 17.3 Å². The number of amides is 1. The van der Waals surface area contributed by atoms with Crippen LogP contribution < -0.4 is 5.32 Å². The molecule has 2 aromatic carbocycles. The molecule has 0 saturated heterocycles. The molecule has 0 atom stereocenters. The molecule has 4 rings (SSSR count). The summed E-state index contributed by atoms with van der Waals surface area (Å²) in [5.41, 5.74) is 4.59. The number of nitrogens with one attached hydrogen (secondary N) is 1. The molecule has 0 bridgehead atoms. The Bertz CT molecular complexity index is 819. The van der Waals surface area contributed by atoms with Crippen molar-refractivity contribution < 1.29 is 4.79 Å². The van der Waals surface area contributed by atoms with E-state index < -0.39 is 0 Å². The lowest BCUT2D eigenvalue weighted by Crippen LogP contribution is -2.51. The van der Waals surface area contributed by atoms with Gasteiger partial charge in [-0.3, -0.25) is 4.79 Å². The Morgan fingerprint density at radius 2 is 1.69 bits per heavy atom. The van der Waals surface area contributed by atoms with E-state index in [1.165, 1.54) is 43.2 Å². The Morgan fingerprint density at radius 3 is 2.46 bits per heavy atom. The van der Waals surface area contributed by atoms with Crippen molar-refractivity contribution in [3.8, 4) is 0 Å². The van der Waals surface area contributed by atoms with Gasteiger partial charge in [-0.2, -0.15) is 0 Å². The van der Waals surface area contributed by atoms with E-state index in [0.717, 1.165) is 17.8 Å². The van der Waals surface area contributed by atoms with E-state index in [1.807, 2.05) is 30.3 Å². The fourth-order valence-electron chi connectivity index (χ4n) is 4.55. The summed E-state index contributed by atoms with van der Waals surface area (Å²) in [5.74, 6) is -0.0688. The fourth-order valence-corrected chi connectivity index (χ4v) is 4.55. The van der Waals surface area contributed by atoms with Crippen LogP contribution in [0.1, 0.15) is 43.2 Å². The predicted octanol–water partition coefficient (Wildman–Crippen LogP) is 4.86. The van der Waals surface area contributed by atoms with Gasteiger partial charge in [0.25, 0.3) is 0 Å². The number of rotatable bonds is 2. The van der Waals surface area contributed by atoms with Crippen molar-refractivity contribution in [3.05, 3.63) is 71.8 Å². The number of nitrogens with zero attached hydrogens (tertiary/aromatic N) is 1. The minimum atomic E-state index is -0.0688. The highest BCUT2D eigenvalue weighted by atomic mass is 16.1. The van der Waals surface area contributed by atoms with Crippen molar-refractivity contribution in [1.82, 2.24) is 4.90 Å². The molecule has 1 fully saturated rings. The van der Waals surface area contributed by atoms with Crippen molar-refractivity contribution in [2.45, 2.75) is 44.1 Å². The van der Waals surface area contributed by atoms with Crippen LogP contribution in [0.25, 0.3) is 5.70 Å². The lowest BCUT2D eigenvalue weighted by molar-refractivity contribution is -0.111. The van der Waals surface area contributed by atoms with Gasteiger partial charge in [-0.25, -0.2) is 0 Å². The van der Waals surface area contributed by atoms with Crippen LogP contribution in [-0.2, 0) is 11.2 Å². The summed E-state index contributed by atoms with van der Waals surface area (Å²) >= 11 is 0. The summed E-state index contributed by atoms with van der Waals surface area (Å²) in [7, 11) is 2.17. The van der Waals surface area contributed by atoms with E-state index >= 15 is 0 Å². The second-order valence-corrected chi connectivity index (χ2v) is 7.56. The zero-order valence-corrected chi connectivity index (χ0v) is 15.4. The summed E-state index contributed by atoms with van der Waals surface area (Å²) in [5, 5.41) is 2.99. The third-order valence-electron chi connectivity index (χ3n) is 5.98. The van der Waals surface area contributed by atoms with Gasteiger partial charge in [0.1, 0.15) is 0 Å². The van der Waals surface area contributed by atoms with Crippen LogP contribution in [0.2, 0.25) is 0 Å². The number of hydrogen-bond donors (Lipinski definition) is 1. The third-order valence-corrected chi connectivity index (χ3v) is 5.98. The summed E-state index contributed by atoms with van der Waals surface area (Å²) in [6.45, 7) is 0. The molecule has 0 unspecified atom stereocenters. The monoisotopic (exact) mass is 346 g/mol. The van der Waals surface area contributed by atoms with E-state index in [4.69, 9.17) is 0 Å². The standard InChI is InChI=1S/C23H26N2O/c1-25-21(16-22(26)24-19-11-4-2-5-12-19)20-13-7-6-10-18(20)17-23(25)14-8-3-9-15-23/h2,4-7,10-13,16H,3,8-9,14-15,17H2,1H3,(H,24,26)/b21-16-. The molecular weight excluding hydrogens is 320 g/mol. The molecule has 26 heavy (non-hydrogen) atoms. The molecule has 1 aliphatic heterocycles. The first-order valence-electron chi connectivity index (χ1n) is 9.58. The highest BCUT2D eigenvalue weighted by molar-refractivity contribution is 6.04. The molecule has 1 saturated carbocycles. The van der Waals surface area contributed by atoms with Crippen LogP contribution >= 0.6 is 0 Å². The number of carbonyl (C=O) groups is 1. The van der Waals surface area contributed by atoms with Crippen LogP contribution in [-0.4, -0.2) is 23.4 Å². The first-order chi connectivity index (χ1) is 12.7. The van der Waals surface area contributed by atoms with Crippen LogP contribution in [0.5, 0.6) is 0 Å². The van der Waals surface area contributed by atoms with Gasteiger partial charge in [0.15, 0.2) is 0 Å². The predicted molar refractivity (Wildman–Crippen MR) is 107 cm³/mol. The van der Waals surface area contributed by atoms with Gasteiger partial charge in [0.2, 0.25) is 5.91 Å². The highest BCUT2D eigenvalue weighted by Gasteiger charge is 2.41. The molecule has 134 valence electrons. The molecule has 1 N–H and O–H groups in total. The quantitative estimate of drug-likeness (QED) is 0.788. The van der Waals surface area contributed by atoms with E-state index in [-0.39, 0.29) is 11.4 Å². The van der Waals surface area contributed by atoms with Gasteiger partial charge in [-0.1, -0.05) is 61.7 Å². The Morgan fingerprint density at radius 1 is 1.00 bits per heavy atom. The molecule has 0 aromatic heterocycles. The average Bonchev–Trinajstić information content (AvgIpc) is 2.67. The summed E-state index contributed by atoms with van der Waals surface area (Å²) < 4.78 is 0. The van der Waals surface area contributed by atoms with Gasteiger partial charge in [-0.05, 0) is 37.0 Å². The number of fused-ring (bicyclic) bond motifs is 1. The number of hydrogen-bond acceptors (Lipinski definition) is 2. The van der Waals surface area contributed by atoms with Gasteiger partial charge >= 0.3 is 0 Å². The van der Waals surface area contributed by atoms with Crippen molar-refractivity contribution in [1.29, 1.82) is 0 Å². The van der Waals surface area contributed by atoms with Crippen molar-refractivity contribution in [3.63, 3.8) is 0 Å². The Kier molecular flexibility index (Phi) is 4.54. The second kappa shape index (κ2) is 6.99. The topological polar surface area (TPSA) is 32.3 Å². The molecule has 0 radical (unpaired) electrons. The van der Waals surface area contributed by atoms with Crippen LogP contribution in [0.15, 0.2) is 60.7 Å². The first kappa shape index (κ1) is 16.9. The first-order valence-corrected chi connectivity index (χ1v) is 9.58. The fraction of sp³-hybridized carbons (Fsp3) is 0.348. The smallest absolute Gasteiger partial charge is 0.250 e. The number of para-hydroxylation sites is 1. The van der Waals surface area contributed by atoms with E-state index in [9.17, 15) is 4.79 Å². The van der Waals surface area contributed by atoms with Gasteiger partial charge in [0, 0.05) is 35.6 Å². The number of anilines is 1. The maximum Gasteiger partial charge on any atom is 0.250 e. The Hall–Kier alpha value is -2.55. The molecule has 1 amide bonds. The molecular formula is C23H26N2O. The molecule has 3 nitrogen and oxygen atoms in total. The third kappa shape index (κ3) is 3.14. The zero-order valence-electron chi connectivity index (χ0n) is 15.4. The van der Waals surface area contributed by atoms with Gasteiger partial charge in [0.05, 0.1) is 0 Å². The minimum absolute atomic E-state index is 0.0688. The van der Waals surface area contributed by atoms with Gasteiger partial charge in [-0.15, -0.1) is 0 Å². The Balaban J connectivity index is 1.69. The maximum absolute atomic E-state index is 12.7. The SMILES string of the molecule is CN1/C(=C\C(=O)Nc2ccccc2)c2ccccc2CC12CCCCC2. The average molecular weight is 346 g/mol. The lowest BCUT2D eigenvalue weighted by Gasteiger charge is -2.50. The summed E-state index contributed by atoms with van der Waals surface area (Å²) in [6.07, 6.45) is 9.14. The van der Waals surface area contributed by atoms with E-state index in [1.54, 1.807) is 6.08 Å². The van der Waals surface area contributed by atoms with Crippen molar-refractivity contribution in [2.24, 2.45) is 0 Å². The summed E-state index contributed by atoms with van der Waals surface area (Å²) in [6, 6.07) is 18.2. The Labute approximate surface area is 155 Å². The van der Waals surface area contributed by atoms with Crippen LogP contribution in [0, 0.1) is 0 Å². The maximum atomic E-state index is 12.7. The minimum Gasteiger partial charge on any atom is -0.368 e. The molecule has 2 aromatic rings. The van der Waals surface area contributed by atoms with E-state index in [2.05, 4.69) is 41.5 Å². The van der Waals surface area contributed by atoms with Crippen LogP contribution in [0.3, 0.4) is 0 Å². The second-order valence-electron chi connectivity index (χ2n) is 7.56. The number of likely N-dealkylation sites (N-methyl/N-ethyl adjacent to an activating group) is 1. The molecule has 1 spiro atoms. The van der Waals surface area contributed by atoms with E-state index in [0.29, 0.717) is 0 Å². The normalized spacial score (nSPS) is 20.0. The largest absolute Gasteiger partial charge is 0.368 e. The molecule has 1 heterocycles. The molecule has 1 aliphatic carbocycles. The zero-order chi connectivity index (χ0) is 18.0. The van der Waals surface area contributed by atoms with Gasteiger partial charge < -0.3 is 10.2 Å². The highest BCUT2D eigenvalue weighted by Crippen LogP contribution is 2.44. The lowest BCUT2D eigenvalue weighted by atomic mass is 9.72. The molecule has 3 heteroatoms. The number of benzene rings is 2. The van der Waals surface area contributed by atoms with Crippen molar-refractivity contribution in [2.75, 3.05) is 12.4 Å². The van der Waals surface area contributed by atoms with Crippen LogP contribution in [0.4, 0.5) is 5.69 Å².